The first-order valence-corrected chi connectivity index (χ1v) is 7.90. The molecule has 2 aliphatic rings. The van der Waals surface area contributed by atoms with Crippen LogP contribution in [0.25, 0.3) is 0 Å². The van der Waals surface area contributed by atoms with Gasteiger partial charge in [0.25, 0.3) is 0 Å². The maximum absolute atomic E-state index is 6.25. The number of hydrogen-bond acceptors (Lipinski definition) is 6. The highest BCUT2D eigenvalue weighted by Gasteiger charge is 2.23. The van der Waals surface area contributed by atoms with E-state index in [1.54, 1.807) is 11.0 Å². The van der Waals surface area contributed by atoms with Crippen LogP contribution in [0.4, 0.5) is 0 Å². The number of benzene rings is 1. The van der Waals surface area contributed by atoms with Crippen LogP contribution in [-0.2, 0) is 17.8 Å². The van der Waals surface area contributed by atoms with Gasteiger partial charge in [0.1, 0.15) is 12.7 Å². The maximum Gasteiger partial charge on any atom is 0.231 e. The Morgan fingerprint density at radius 3 is 3.13 bits per heavy atom. The van der Waals surface area contributed by atoms with Gasteiger partial charge < -0.3 is 14.2 Å². The average Bonchev–Trinajstić information content (AvgIpc) is 3.19. The van der Waals surface area contributed by atoms with Crippen LogP contribution in [0.3, 0.4) is 0 Å². The molecule has 1 fully saturated rings. The Morgan fingerprint density at radius 1 is 1.30 bits per heavy atom. The van der Waals surface area contributed by atoms with Crippen LogP contribution in [-0.4, -0.2) is 52.3 Å². The van der Waals surface area contributed by atoms with Gasteiger partial charge in [0, 0.05) is 19.6 Å². The lowest BCUT2D eigenvalue weighted by molar-refractivity contribution is -0.0402. The third-order valence-corrected chi connectivity index (χ3v) is 4.25. The number of aromatic nitrogens is 3. The van der Waals surface area contributed by atoms with Crippen molar-refractivity contribution in [1.82, 2.24) is 19.7 Å². The van der Waals surface area contributed by atoms with Gasteiger partial charge >= 0.3 is 0 Å². The fourth-order valence-electron chi connectivity index (χ4n) is 2.94. The number of hydrogen-bond donors (Lipinski definition) is 0. The molecule has 0 aliphatic carbocycles. The van der Waals surface area contributed by atoms with Crippen molar-refractivity contribution < 1.29 is 14.2 Å². The minimum absolute atomic E-state index is 0.106. The van der Waals surface area contributed by atoms with Gasteiger partial charge in [0.2, 0.25) is 6.79 Å². The van der Waals surface area contributed by atoms with Gasteiger partial charge in [-0.1, -0.05) is 11.6 Å². The Bertz CT molecular complexity index is 680. The van der Waals surface area contributed by atoms with E-state index in [4.69, 9.17) is 25.8 Å². The molecule has 3 heterocycles. The molecule has 1 unspecified atom stereocenters. The summed E-state index contributed by atoms with van der Waals surface area (Å²) in [7, 11) is 0. The second kappa shape index (κ2) is 6.35. The highest BCUT2D eigenvalue weighted by molar-refractivity contribution is 6.32. The summed E-state index contributed by atoms with van der Waals surface area (Å²) in [5.41, 5.74) is 1.11. The fourth-order valence-corrected chi connectivity index (χ4v) is 3.23. The van der Waals surface area contributed by atoms with E-state index in [2.05, 4.69) is 15.0 Å². The first-order valence-electron chi connectivity index (χ1n) is 7.52. The normalized spacial score (nSPS) is 20.8. The number of halogens is 1. The zero-order valence-electron chi connectivity index (χ0n) is 12.5. The molecule has 0 amide bonds. The Morgan fingerprint density at radius 2 is 2.26 bits per heavy atom. The molecule has 1 atom stereocenters. The predicted octanol–water partition coefficient (Wildman–Crippen LogP) is 1.56. The predicted molar refractivity (Wildman–Crippen MR) is 82.6 cm³/mol. The monoisotopic (exact) mass is 336 g/mol. The van der Waals surface area contributed by atoms with Crippen LogP contribution < -0.4 is 9.47 Å². The molecule has 0 saturated carbocycles. The molecule has 0 bridgehead atoms. The van der Waals surface area contributed by atoms with E-state index in [1.165, 1.54) is 6.33 Å². The molecule has 122 valence electrons. The highest BCUT2D eigenvalue weighted by Crippen LogP contribution is 2.40. The molecule has 2 aromatic rings. The van der Waals surface area contributed by atoms with Crippen molar-refractivity contribution in [3.63, 3.8) is 0 Å². The Kier molecular flexibility index (Phi) is 4.07. The summed E-state index contributed by atoms with van der Waals surface area (Å²) in [6.07, 6.45) is 3.35. The van der Waals surface area contributed by atoms with Crippen LogP contribution >= 0.6 is 11.6 Å². The van der Waals surface area contributed by atoms with Gasteiger partial charge in [-0.05, 0) is 17.7 Å². The summed E-state index contributed by atoms with van der Waals surface area (Å²) in [6.45, 7) is 4.17. The number of fused-ring (bicyclic) bond motifs is 1. The lowest BCUT2D eigenvalue weighted by Gasteiger charge is -2.32. The van der Waals surface area contributed by atoms with Gasteiger partial charge in [-0.2, -0.15) is 5.10 Å². The van der Waals surface area contributed by atoms with Crippen molar-refractivity contribution in [2.75, 3.05) is 26.5 Å². The molecule has 7 nitrogen and oxygen atoms in total. The minimum Gasteiger partial charge on any atom is -0.454 e. The molecule has 1 aromatic heterocycles. The van der Waals surface area contributed by atoms with Crippen LogP contribution in [0.5, 0.6) is 11.5 Å². The number of ether oxygens (including phenoxy) is 3. The van der Waals surface area contributed by atoms with Crippen LogP contribution in [0.1, 0.15) is 5.56 Å². The number of nitrogens with zero attached hydrogens (tertiary/aromatic N) is 4. The Hall–Kier alpha value is -1.83. The summed E-state index contributed by atoms with van der Waals surface area (Å²) in [4.78, 5) is 6.31. The molecule has 1 saturated heterocycles. The Balaban J connectivity index is 1.41. The molecule has 0 spiro atoms. The van der Waals surface area contributed by atoms with E-state index in [-0.39, 0.29) is 12.9 Å². The summed E-state index contributed by atoms with van der Waals surface area (Å²) in [6, 6.07) is 3.94. The molecule has 0 radical (unpaired) electrons. The molecule has 1 aromatic carbocycles. The first kappa shape index (κ1) is 14.7. The molecule has 8 heteroatoms. The molecule has 0 N–H and O–H groups in total. The van der Waals surface area contributed by atoms with Gasteiger partial charge in [0.05, 0.1) is 24.3 Å². The molecular weight excluding hydrogens is 320 g/mol. The topological polar surface area (TPSA) is 61.6 Å². The van der Waals surface area contributed by atoms with Gasteiger partial charge in [-0.15, -0.1) is 0 Å². The molecule has 23 heavy (non-hydrogen) atoms. The smallest absolute Gasteiger partial charge is 0.231 e. The van der Waals surface area contributed by atoms with Crippen molar-refractivity contribution in [2.24, 2.45) is 0 Å². The van der Waals surface area contributed by atoms with E-state index >= 15 is 0 Å². The van der Waals surface area contributed by atoms with Crippen molar-refractivity contribution in [1.29, 1.82) is 0 Å². The van der Waals surface area contributed by atoms with E-state index in [0.29, 0.717) is 23.9 Å². The summed E-state index contributed by atoms with van der Waals surface area (Å²) in [5.74, 6) is 1.36. The number of rotatable bonds is 4. The van der Waals surface area contributed by atoms with Gasteiger partial charge in [0.15, 0.2) is 11.5 Å². The number of morpholine rings is 1. The van der Waals surface area contributed by atoms with E-state index < -0.39 is 0 Å². The van der Waals surface area contributed by atoms with Crippen molar-refractivity contribution in [2.45, 2.75) is 19.2 Å². The summed E-state index contributed by atoms with van der Waals surface area (Å²) >= 11 is 6.25. The van der Waals surface area contributed by atoms with Gasteiger partial charge in [-0.3, -0.25) is 9.58 Å². The van der Waals surface area contributed by atoms with E-state index in [9.17, 15) is 0 Å². The lowest BCUT2D eigenvalue weighted by Crippen LogP contribution is -2.43. The van der Waals surface area contributed by atoms with Crippen molar-refractivity contribution >= 4 is 11.6 Å². The standard InChI is InChI=1S/C15H17ClN4O3/c16-13-3-11(4-14-15(13)23-10-22-14)5-19-1-2-21-12(6-19)7-20-9-17-8-18-20/h3-4,8-9,12H,1-2,5-7,10H2. The molecule has 4 rings (SSSR count). The lowest BCUT2D eigenvalue weighted by atomic mass is 10.1. The fraction of sp³-hybridized carbons (Fsp3) is 0.467. The zero-order chi connectivity index (χ0) is 15.6. The third kappa shape index (κ3) is 3.26. The summed E-state index contributed by atoms with van der Waals surface area (Å²) in [5, 5.41) is 4.73. The minimum atomic E-state index is 0.106. The first-order chi connectivity index (χ1) is 11.3. The van der Waals surface area contributed by atoms with Crippen LogP contribution in [0.2, 0.25) is 5.02 Å². The average molecular weight is 337 g/mol. The van der Waals surface area contributed by atoms with Crippen LogP contribution in [0, 0.1) is 0 Å². The van der Waals surface area contributed by atoms with Gasteiger partial charge in [-0.25, -0.2) is 4.98 Å². The molecule has 2 aliphatic heterocycles. The largest absolute Gasteiger partial charge is 0.454 e. The molecular formula is C15H17ClN4O3. The second-order valence-electron chi connectivity index (χ2n) is 5.66. The van der Waals surface area contributed by atoms with Crippen molar-refractivity contribution in [3.8, 4) is 11.5 Å². The van der Waals surface area contributed by atoms with E-state index in [1.807, 2.05) is 12.1 Å². The maximum atomic E-state index is 6.25. The second-order valence-corrected chi connectivity index (χ2v) is 6.06. The zero-order valence-corrected chi connectivity index (χ0v) is 13.3. The third-order valence-electron chi connectivity index (χ3n) is 3.97. The summed E-state index contributed by atoms with van der Waals surface area (Å²) < 4.78 is 18.4. The van der Waals surface area contributed by atoms with E-state index in [0.717, 1.165) is 30.9 Å². The quantitative estimate of drug-likeness (QED) is 0.844. The SMILES string of the molecule is Clc1cc(CN2CCOC(Cn3cncn3)C2)cc2c1OCO2. The highest BCUT2D eigenvalue weighted by atomic mass is 35.5. The van der Waals surface area contributed by atoms with Crippen LogP contribution in [0.15, 0.2) is 24.8 Å². The van der Waals surface area contributed by atoms with Crippen molar-refractivity contribution in [3.05, 3.63) is 35.4 Å². The Labute approximate surface area is 138 Å².